The molecule has 1 aromatic carbocycles. The van der Waals surface area contributed by atoms with Crippen molar-refractivity contribution in [2.75, 3.05) is 20.3 Å². The number of carbonyl (C=O) groups excluding carboxylic acids is 2. The third-order valence-corrected chi connectivity index (χ3v) is 6.11. The second-order valence-electron chi connectivity index (χ2n) is 7.00. The maximum atomic E-state index is 13.2. The number of methoxy groups -OCH3 is 1. The van der Waals surface area contributed by atoms with Crippen LogP contribution < -0.4 is 4.74 Å². The van der Waals surface area contributed by atoms with Gasteiger partial charge in [-0.2, -0.15) is 0 Å². The fourth-order valence-electron chi connectivity index (χ4n) is 3.83. The lowest BCUT2D eigenvalue weighted by molar-refractivity contribution is -0.131. The first-order valence-electron chi connectivity index (χ1n) is 9.32. The number of aliphatic hydroxyl groups is 1. The highest BCUT2D eigenvalue weighted by Crippen LogP contribution is 2.42. The first-order valence-corrected chi connectivity index (χ1v) is 10.2. The van der Waals surface area contributed by atoms with Gasteiger partial charge in [0.2, 0.25) is 5.78 Å². The van der Waals surface area contributed by atoms with E-state index in [2.05, 4.69) is 0 Å². The lowest BCUT2D eigenvalue weighted by Gasteiger charge is -2.29. The Morgan fingerprint density at radius 1 is 1.34 bits per heavy atom. The number of ether oxygens (including phenoxy) is 2. The number of rotatable bonds is 6. The topological polar surface area (TPSA) is 96.3 Å². The Balaban J connectivity index is 1.78. The smallest absolute Gasteiger partial charge is 0.290 e. The molecule has 1 saturated heterocycles. The second-order valence-corrected chi connectivity index (χ2v) is 7.94. The molecular formula is C21H21NO6S. The first-order chi connectivity index (χ1) is 14.0. The van der Waals surface area contributed by atoms with Crippen molar-refractivity contribution in [1.82, 2.24) is 4.90 Å². The van der Waals surface area contributed by atoms with E-state index in [1.54, 1.807) is 29.6 Å². The van der Waals surface area contributed by atoms with E-state index in [0.717, 1.165) is 12.8 Å². The molecule has 8 heteroatoms. The maximum absolute atomic E-state index is 13.2. The average molecular weight is 415 g/mol. The number of thiophene rings is 1. The number of aliphatic hydroxyl groups excluding tert-OH is 1. The van der Waals surface area contributed by atoms with Gasteiger partial charge in [0.05, 0.1) is 29.7 Å². The van der Waals surface area contributed by atoms with Crippen molar-refractivity contribution in [2.24, 2.45) is 0 Å². The molecule has 2 N–H and O–H groups in total. The standard InChI is InChI=1S/C21H21NO6S/c1-27-15-10-12(6-7-14(15)23)18-17(19(24)16-5-3-9-29-16)20(25)21(26)22(18)11-13-4-2-8-28-13/h3,5-7,9-10,13,18,23,25H,2,4,8,11H2,1H3/t13-,18+/m1/s1. The molecule has 1 fully saturated rings. The van der Waals surface area contributed by atoms with Gasteiger partial charge in [0.25, 0.3) is 5.91 Å². The van der Waals surface area contributed by atoms with Crippen molar-refractivity contribution < 1.29 is 29.3 Å². The van der Waals surface area contributed by atoms with Gasteiger partial charge in [-0.25, -0.2) is 0 Å². The summed E-state index contributed by atoms with van der Waals surface area (Å²) in [5, 5.41) is 22.4. The maximum Gasteiger partial charge on any atom is 0.290 e. The van der Waals surface area contributed by atoms with Crippen molar-refractivity contribution >= 4 is 23.0 Å². The van der Waals surface area contributed by atoms with E-state index in [0.29, 0.717) is 17.0 Å². The van der Waals surface area contributed by atoms with Gasteiger partial charge in [-0.15, -0.1) is 11.3 Å². The fraction of sp³-hybridized carbons (Fsp3) is 0.333. The van der Waals surface area contributed by atoms with E-state index in [-0.39, 0.29) is 29.7 Å². The summed E-state index contributed by atoms with van der Waals surface area (Å²) in [5.74, 6) is -1.36. The summed E-state index contributed by atoms with van der Waals surface area (Å²) in [6, 6.07) is 7.26. The molecule has 1 aromatic heterocycles. The van der Waals surface area contributed by atoms with Gasteiger partial charge in [-0.1, -0.05) is 12.1 Å². The lowest BCUT2D eigenvalue weighted by atomic mass is 9.95. The van der Waals surface area contributed by atoms with Gasteiger partial charge in [0.15, 0.2) is 17.3 Å². The normalized spacial score (nSPS) is 21.8. The molecule has 3 heterocycles. The number of ketones is 1. The van der Waals surface area contributed by atoms with E-state index in [4.69, 9.17) is 9.47 Å². The molecule has 1 amide bonds. The molecule has 0 saturated carbocycles. The highest BCUT2D eigenvalue weighted by molar-refractivity contribution is 7.12. The second kappa shape index (κ2) is 7.88. The van der Waals surface area contributed by atoms with Gasteiger partial charge >= 0.3 is 0 Å². The van der Waals surface area contributed by atoms with Crippen LogP contribution in [0.25, 0.3) is 0 Å². The molecule has 2 atom stereocenters. The predicted octanol–water partition coefficient (Wildman–Crippen LogP) is 3.22. The number of hydrogen-bond donors (Lipinski definition) is 2. The quantitative estimate of drug-likeness (QED) is 0.704. The number of phenolic OH excluding ortho intramolecular Hbond substituents is 1. The highest BCUT2D eigenvalue weighted by Gasteiger charge is 2.45. The number of amides is 1. The minimum absolute atomic E-state index is 0.0307. The van der Waals surface area contributed by atoms with Crippen molar-refractivity contribution in [3.63, 3.8) is 0 Å². The number of nitrogens with zero attached hydrogens (tertiary/aromatic N) is 1. The predicted molar refractivity (Wildman–Crippen MR) is 106 cm³/mol. The van der Waals surface area contributed by atoms with E-state index in [1.807, 2.05) is 0 Å². The summed E-state index contributed by atoms with van der Waals surface area (Å²) in [5.41, 5.74) is 0.596. The van der Waals surface area contributed by atoms with E-state index in [9.17, 15) is 19.8 Å². The molecule has 0 spiro atoms. The van der Waals surface area contributed by atoms with Crippen molar-refractivity contribution in [3.8, 4) is 11.5 Å². The Morgan fingerprint density at radius 2 is 2.17 bits per heavy atom. The Kier molecular flexibility index (Phi) is 5.29. The number of carbonyl (C=O) groups is 2. The summed E-state index contributed by atoms with van der Waals surface area (Å²) >= 11 is 1.25. The number of Topliss-reactive ketones (excluding diaryl/α,β-unsaturated/α-hetero) is 1. The van der Waals surface area contributed by atoms with Gasteiger partial charge in [0.1, 0.15) is 0 Å². The van der Waals surface area contributed by atoms with Crippen LogP contribution in [-0.2, 0) is 9.53 Å². The largest absolute Gasteiger partial charge is 0.504 e. The molecule has 2 aliphatic heterocycles. The molecule has 152 valence electrons. The molecule has 29 heavy (non-hydrogen) atoms. The average Bonchev–Trinajstić information content (AvgIpc) is 3.47. The van der Waals surface area contributed by atoms with Crippen molar-refractivity contribution in [3.05, 3.63) is 57.5 Å². The fourth-order valence-corrected chi connectivity index (χ4v) is 4.51. The van der Waals surface area contributed by atoms with E-state index in [1.165, 1.54) is 29.4 Å². The van der Waals surface area contributed by atoms with Crippen LogP contribution in [0.4, 0.5) is 0 Å². The molecule has 7 nitrogen and oxygen atoms in total. The van der Waals surface area contributed by atoms with Crippen molar-refractivity contribution in [1.29, 1.82) is 0 Å². The zero-order valence-corrected chi connectivity index (χ0v) is 16.6. The summed E-state index contributed by atoms with van der Waals surface area (Å²) in [6.07, 6.45) is 1.57. The number of aromatic hydroxyl groups is 1. The molecule has 2 aromatic rings. The number of phenols is 1. The summed E-state index contributed by atoms with van der Waals surface area (Å²) in [6.45, 7) is 0.892. The molecule has 0 radical (unpaired) electrons. The van der Waals surface area contributed by atoms with E-state index >= 15 is 0 Å². The van der Waals surface area contributed by atoms with Crippen LogP contribution in [0.3, 0.4) is 0 Å². The lowest BCUT2D eigenvalue weighted by Crippen LogP contribution is -2.37. The third-order valence-electron chi connectivity index (χ3n) is 5.24. The van der Waals surface area contributed by atoms with Crippen LogP contribution in [0.5, 0.6) is 11.5 Å². The SMILES string of the molecule is COc1cc([C@H]2C(C(=O)c3cccs3)=C(O)C(=O)N2C[C@H]2CCCO2)ccc1O. The van der Waals surface area contributed by atoms with Crippen LogP contribution in [0.2, 0.25) is 0 Å². The Bertz CT molecular complexity index is 962. The molecular weight excluding hydrogens is 394 g/mol. The van der Waals surface area contributed by atoms with Crippen LogP contribution in [-0.4, -0.2) is 53.2 Å². The monoisotopic (exact) mass is 415 g/mol. The van der Waals surface area contributed by atoms with Gasteiger partial charge < -0.3 is 24.6 Å². The molecule has 4 rings (SSSR count). The molecule has 0 aliphatic carbocycles. The summed E-state index contributed by atoms with van der Waals surface area (Å²) < 4.78 is 10.9. The van der Waals surface area contributed by atoms with Crippen LogP contribution >= 0.6 is 11.3 Å². The zero-order valence-electron chi connectivity index (χ0n) is 15.8. The minimum atomic E-state index is -0.796. The summed E-state index contributed by atoms with van der Waals surface area (Å²) in [4.78, 5) is 28.0. The van der Waals surface area contributed by atoms with Crippen LogP contribution in [0, 0.1) is 0 Å². The number of hydrogen-bond acceptors (Lipinski definition) is 7. The van der Waals surface area contributed by atoms with Crippen LogP contribution in [0.1, 0.15) is 34.1 Å². The van der Waals surface area contributed by atoms with Crippen LogP contribution in [0.15, 0.2) is 47.0 Å². The van der Waals surface area contributed by atoms with Gasteiger partial charge in [-0.05, 0) is 42.0 Å². The first kappa shape index (κ1) is 19.5. The molecule has 0 unspecified atom stereocenters. The van der Waals surface area contributed by atoms with E-state index < -0.39 is 23.5 Å². The molecule has 0 bridgehead atoms. The van der Waals surface area contributed by atoms with Gasteiger partial charge in [-0.3, -0.25) is 9.59 Å². The Hall–Kier alpha value is -2.84. The van der Waals surface area contributed by atoms with Gasteiger partial charge in [0, 0.05) is 13.2 Å². The number of benzene rings is 1. The zero-order chi connectivity index (χ0) is 20.5. The van der Waals surface area contributed by atoms with Crippen molar-refractivity contribution in [2.45, 2.75) is 25.0 Å². The Labute approximate surface area is 171 Å². The summed E-state index contributed by atoms with van der Waals surface area (Å²) in [7, 11) is 1.42. The third kappa shape index (κ3) is 3.49. The minimum Gasteiger partial charge on any atom is -0.504 e. The molecule has 2 aliphatic rings. The Morgan fingerprint density at radius 3 is 2.83 bits per heavy atom. The highest BCUT2D eigenvalue weighted by atomic mass is 32.1.